The van der Waals surface area contributed by atoms with E-state index < -0.39 is 0 Å². The van der Waals surface area contributed by atoms with Gasteiger partial charge in [0.1, 0.15) is 0 Å². The third-order valence-corrected chi connectivity index (χ3v) is 5.99. The molecule has 0 spiro atoms. The average molecular weight is 439 g/mol. The van der Waals surface area contributed by atoms with E-state index in [0.29, 0.717) is 6.42 Å². The van der Waals surface area contributed by atoms with E-state index in [-0.39, 0.29) is 0 Å². The van der Waals surface area contributed by atoms with Crippen molar-refractivity contribution in [3.63, 3.8) is 0 Å². The Bertz CT molecular complexity index is 1540. The summed E-state index contributed by atoms with van der Waals surface area (Å²) in [6, 6.07) is 41.5. The molecule has 0 unspecified atom stereocenters. The van der Waals surface area contributed by atoms with Crippen molar-refractivity contribution in [2.24, 2.45) is 0 Å². The summed E-state index contributed by atoms with van der Waals surface area (Å²) in [6.45, 7) is 0. The molecule has 6 rings (SSSR count). The Morgan fingerprint density at radius 1 is 0.500 bits per heavy atom. The van der Waals surface area contributed by atoms with Crippen molar-refractivity contribution >= 4 is 5.65 Å². The van der Waals surface area contributed by atoms with Gasteiger partial charge in [0.05, 0.1) is 5.69 Å². The lowest BCUT2D eigenvalue weighted by Gasteiger charge is -2.17. The van der Waals surface area contributed by atoms with E-state index in [9.17, 15) is 0 Å². The molecule has 0 amide bonds. The molecule has 2 aromatic heterocycles. The highest BCUT2D eigenvalue weighted by Gasteiger charge is 2.23. The summed E-state index contributed by atoms with van der Waals surface area (Å²) in [6.07, 6.45) is 0.655. The van der Waals surface area contributed by atoms with Crippen LogP contribution in [0.1, 0.15) is 11.4 Å². The van der Waals surface area contributed by atoms with Gasteiger partial charge in [0, 0.05) is 23.1 Å². The zero-order chi connectivity index (χ0) is 22.7. The first-order valence-corrected chi connectivity index (χ1v) is 11.4. The Labute approximate surface area is 198 Å². The molecule has 0 fully saturated rings. The van der Waals surface area contributed by atoms with Crippen LogP contribution in [0.2, 0.25) is 0 Å². The van der Waals surface area contributed by atoms with Gasteiger partial charge in [0.25, 0.3) is 0 Å². The molecule has 2 heterocycles. The van der Waals surface area contributed by atoms with Crippen LogP contribution in [-0.2, 0) is 6.42 Å². The summed E-state index contributed by atoms with van der Waals surface area (Å²) in [5, 5.41) is 14.4. The first kappa shape index (κ1) is 20.1. The van der Waals surface area contributed by atoms with Crippen LogP contribution in [0, 0.1) is 0 Å². The lowest BCUT2D eigenvalue weighted by atomic mass is 9.92. The number of nitrogens with zero attached hydrogens (tertiary/aromatic N) is 4. The summed E-state index contributed by atoms with van der Waals surface area (Å²) >= 11 is 0. The molecule has 0 aliphatic rings. The monoisotopic (exact) mass is 438 g/mol. The van der Waals surface area contributed by atoms with Crippen LogP contribution in [-0.4, -0.2) is 19.8 Å². The van der Waals surface area contributed by atoms with Crippen LogP contribution in [0.4, 0.5) is 0 Å². The first-order valence-electron chi connectivity index (χ1n) is 11.4. The molecule has 162 valence electrons. The molecule has 4 heteroatoms. The molecule has 4 nitrogen and oxygen atoms in total. The fraction of sp³-hybridized carbons (Fsp3) is 0.0333. The molecule has 0 radical (unpaired) electrons. The molecule has 0 saturated heterocycles. The minimum atomic E-state index is 0.655. The minimum absolute atomic E-state index is 0.655. The maximum absolute atomic E-state index is 5.16. The van der Waals surface area contributed by atoms with Gasteiger partial charge in [-0.15, -0.1) is 10.2 Å². The topological polar surface area (TPSA) is 43.1 Å². The number of benzene rings is 4. The lowest BCUT2D eigenvalue weighted by molar-refractivity contribution is 0.843. The van der Waals surface area contributed by atoms with Crippen molar-refractivity contribution in [2.45, 2.75) is 6.42 Å². The molecule has 34 heavy (non-hydrogen) atoms. The normalized spacial score (nSPS) is 11.1. The van der Waals surface area contributed by atoms with Crippen LogP contribution >= 0.6 is 0 Å². The molecule has 0 saturated carbocycles. The fourth-order valence-electron chi connectivity index (χ4n) is 4.40. The fourth-order valence-corrected chi connectivity index (χ4v) is 4.40. The highest BCUT2D eigenvalue weighted by Crippen LogP contribution is 2.40. The van der Waals surface area contributed by atoms with Gasteiger partial charge in [-0.3, -0.25) is 0 Å². The highest BCUT2D eigenvalue weighted by molar-refractivity contribution is 5.98. The Morgan fingerprint density at radius 2 is 1.00 bits per heavy atom. The van der Waals surface area contributed by atoms with Gasteiger partial charge in [0.2, 0.25) is 0 Å². The molecule has 0 bridgehead atoms. The summed E-state index contributed by atoms with van der Waals surface area (Å²) in [7, 11) is 0. The zero-order valence-corrected chi connectivity index (χ0v) is 18.5. The van der Waals surface area contributed by atoms with E-state index >= 15 is 0 Å². The van der Waals surface area contributed by atoms with E-state index in [4.69, 9.17) is 5.10 Å². The summed E-state index contributed by atoms with van der Waals surface area (Å²) in [5.74, 6) is 0.815. The Kier molecular flexibility index (Phi) is 5.17. The SMILES string of the molecule is c1ccc(Cc2nnc3c(-c4ccccc4)c(-c4ccccc4)c(-c4ccccc4)nn23)cc1. The maximum Gasteiger partial charge on any atom is 0.186 e. The Balaban J connectivity index is 1.70. The van der Waals surface area contributed by atoms with Gasteiger partial charge in [-0.05, 0) is 16.7 Å². The van der Waals surface area contributed by atoms with Gasteiger partial charge < -0.3 is 0 Å². The zero-order valence-electron chi connectivity index (χ0n) is 18.5. The standard InChI is InChI=1S/C30H22N4/c1-5-13-22(14-6-1)21-26-31-32-30-28(24-17-9-3-10-18-24)27(23-15-7-2-8-16-23)29(33-34(26)30)25-19-11-4-12-20-25/h1-20H,21H2. The first-order chi connectivity index (χ1) is 16.9. The third-order valence-electron chi connectivity index (χ3n) is 5.99. The van der Waals surface area contributed by atoms with Gasteiger partial charge in [-0.1, -0.05) is 121 Å². The minimum Gasteiger partial charge on any atom is -0.196 e. The molecule has 6 aromatic rings. The van der Waals surface area contributed by atoms with Gasteiger partial charge in [-0.25, -0.2) is 0 Å². The van der Waals surface area contributed by atoms with E-state index in [0.717, 1.165) is 45.0 Å². The predicted molar refractivity (Wildman–Crippen MR) is 136 cm³/mol. The molecule has 0 N–H and O–H groups in total. The number of rotatable bonds is 5. The second-order valence-electron chi connectivity index (χ2n) is 8.21. The van der Waals surface area contributed by atoms with Gasteiger partial charge in [0.15, 0.2) is 11.5 Å². The number of hydrogen-bond acceptors (Lipinski definition) is 3. The number of aromatic nitrogens is 4. The van der Waals surface area contributed by atoms with Crippen molar-refractivity contribution in [2.75, 3.05) is 0 Å². The van der Waals surface area contributed by atoms with Crippen molar-refractivity contribution < 1.29 is 0 Å². The Morgan fingerprint density at radius 3 is 1.59 bits per heavy atom. The van der Waals surface area contributed by atoms with E-state index in [2.05, 4.69) is 95.1 Å². The smallest absolute Gasteiger partial charge is 0.186 e. The van der Waals surface area contributed by atoms with Crippen molar-refractivity contribution in [3.05, 3.63) is 133 Å². The number of fused-ring (bicyclic) bond motifs is 1. The van der Waals surface area contributed by atoms with Crippen LogP contribution in [0.5, 0.6) is 0 Å². The summed E-state index contributed by atoms with van der Waals surface area (Å²) in [5.41, 5.74) is 8.18. The summed E-state index contributed by atoms with van der Waals surface area (Å²) in [4.78, 5) is 0. The maximum atomic E-state index is 5.16. The highest BCUT2D eigenvalue weighted by atomic mass is 15.4. The quantitative estimate of drug-likeness (QED) is 0.300. The second kappa shape index (κ2) is 8.75. The predicted octanol–water partition coefficient (Wildman–Crippen LogP) is 6.72. The van der Waals surface area contributed by atoms with E-state index in [1.54, 1.807) is 0 Å². The average Bonchev–Trinajstić information content (AvgIpc) is 3.32. The molecule has 0 aliphatic carbocycles. The largest absolute Gasteiger partial charge is 0.196 e. The van der Waals surface area contributed by atoms with Gasteiger partial charge >= 0.3 is 0 Å². The Hall–Kier alpha value is -4.57. The van der Waals surface area contributed by atoms with Crippen LogP contribution in [0.25, 0.3) is 39.2 Å². The van der Waals surface area contributed by atoms with Crippen molar-refractivity contribution in [1.29, 1.82) is 0 Å². The molecule has 4 aromatic carbocycles. The van der Waals surface area contributed by atoms with Gasteiger partial charge in [-0.2, -0.15) is 9.61 Å². The third kappa shape index (κ3) is 3.65. The van der Waals surface area contributed by atoms with Crippen molar-refractivity contribution in [1.82, 2.24) is 19.8 Å². The molecule has 0 aliphatic heterocycles. The van der Waals surface area contributed by atoms with E-state index in [1.807, 2.05) is 40.9 Å². The van der Waals surface area contributed by atoms with Crippen LogP contribution in [0.3, 0.4) is 0 Å². The number of hydrogen-bond donors (Lipinski definition) is 0. The van der Waals surface area contributed by atoms with Crippen LogP contribution < -0.4 is 0 Å². The molecular formula is C30H22N4. The summed E-state index contributed by atoms with van der Waals surface area (Å²) < 4.78 is 1.92. The van der Waals surface area contributed by atoms with Crippen molar-refractivity contribution in [3.8, 4) is 33.5 Å². The molecular weight excluding hydrogens is 416 g/mol. The van der Waals surface area contributed by atoms with Crippen LogP contribution in [0.15, 0.2) is 121 Å². The molecule has 0 atom stereocenters. The van der Waals surface area contributed by atoms with E-state index in [1.165, 1.54) is 5.56 Å². The lowest BCUT2D eigenvalue weighted by Crippen LogP contribution is -2.05. The second-order valence-corrected chi connectivity index (χ2v) is 8.21.